The molecule has 0 saturated heterocycles. The van der Waals surface area contributed by atoms with Gasteiger partial charge in [0.05, 0.1) is 0 Å². The summed E-state index contributed by atoms with van der Waals surface area (Å²) in [5, 5.41) is 5.22. The average molecular weight is 979 g/mol. The number of halogens is 1. The molecule has 0 N–H and O–H groups in total. The van der Waals surface area contributed by atoms with E-state index in [4.69, 9.17) is 0 Å². The predicted molar refractivity (Wildman–Crippen MR) is 213 cm³/mol. The Hall–Kier alpha value is -2.92. The topological polar surface area (TPSA) is 16.8 Å². The molecule has 262 valence electrons. The minimum Gasteiger partial charge on any atom is 3.00 e. The number of fused-ring (bicyclic) bond motifs is 4. The van der Waals surface area contributed by atoms with Crippen LogP contribution in [0.15, 0.2) is 91.1 Å². The van der Waals surface area contributed by atoms with Crippen molar-refractivity contribution in [1.82, 2.24) is 4.98 Å². The van der Waals surface area contributed by atoms with Gasteiger partial charge in [0, 0.05) is 0 Å². The molecule has 51 heavy (non-hydrogen) atoms. The Balaban J connectivity index is 0.000000237. The van der Waals surface area contributed by atoms with Crippen molar-refractivity contribution in [2.45, 2.75) is 77.6 Å². The van der Waals surface area contributed by atoms with Gasteiger partial charge < -0.3 is 0 Å². The third-order valence-electron chi connectivity index (χ3n) is 9.11. The molecule has 0 atom stereocenters. The summed E-state index contributed by atoms with van der Waals surface area (Å²) in [6.45, 7) is 16.2. The standard InChI is InChI=1S/C31H32NSe.C14H15FGeN.Ir/c1-20-22(19-30(2,3)4)14-15-25-26-13-10-16-32(29(26)33-28(20)25)23-17-21-11-8-9-12-24(21)27(18-23)31(5,6)7;1-16(2,3)13-8-9-14(17-10-13)11-4-6-12(15)7-5-11;/h8-15,18H,19H2,1-7H3;4,6-10H,1-3H3;/q2*-1;+3. The summed E-state index contributed by atoms with van der Waals surface area (Å²) < 4.78 is 19.3. The van der Waals surface area contributed by atoms with Gasteiger partial charge in [-0.1, -0.05) is 0 Å². The fourth-order valence-electron chi connectivity index (χ4n) is 6.38. The minimum atomic E-state index is -1.79. The summed E-state index contributed by atoms with van der Waals surface area (Å²) in [4.78, 5) is 4.44. The van der Waals surface area contributed by atoms with Crippen molar-refractivity contribution in [3.63, 3.8) is 0 Å². The van der Waals surface area contributed by atoms with Gasteiger partial charge in [0.2, 0.25) is 0 Å². The van der Waals surface area contributed by atoms with Gasteiger partial charge in [-0.05, 0) is 0 Å². The first kappa shape index (κ1) is 39.3. The van der Waals surface area contributed by atoms with Crippen LogP contribution in [0.3, 0.4) is 0 Å². The van der Waals surface area contributed by atoms with Crippen LogP contribution in [-0.4, -0.2) is 32.8 Å². The summed E-state index contributed by atoms with van der Waals surface area (Å²) in [6, 6.07) is 35.2. The molecule has 0 aliphatic rings. The van der Waals surface area contributed by atoms with E-state index in [-0.39, 0.29) is 51.3 Å². The second kappa shape index (κ2) is 15.2. The van der Waals surface area contributed by atoms with E-state index in [0.29, 0.717) is 0 Å². The molecule has 4 aromatic carbocycles. The summed E-state index contributed by atoms with van der Waals surface area (Å²) in [7, 11) is 0. The molecule has 0 aliphatic heterocycles. The number of hydrogen-bond acceptors (Lipinski definition) is 1. The molecule has 6 heteroatoms. The number of hydrogen-bond donors (Lipinski definition) is 0. The summed E-state index contributed by atoms with van der Waals surface area (Å²) in [6.07, 6.45) is 6.60. The zero-order valence-corrected chi connectivity index (χ0v) is 37.6. The fraction of sp³-hybridized carbons (Fsp3) is 0.289. The molecule has 3 aromatic heterocycles. The van der Waals surface area contributed by atoms with Crippen molar-refractivity contribution >= 4 is 62.4 Å². The minimum absolute atomic E-state index is 0. The van der Waals surface area contributed by atoms with Gasteiger partial charge in [-0.25, -0.2) is 0 Å². The molecule has 3 heterocycles. The van der Waals surface area contributed by atoms with Gasteiger partial charge in [0.1, 0.15) is 0 Å². The van der Waals surface area contributed by atoms with Crippen molar-refractivity contribution in [3.05, 3.63) is 132 Å². The van der Waals surface area contributed by atoms with Crippen molar-refractivity contribution < 1.29 is 29.1 Å². The van der Waals surface area contributed by atoms with E-state index in [1.807, 2.05) is 12.3 Å². The Morgan fingerprint density at radius 3 is 2.24 bits per heavy atom. The van der Waals surface area contributed by atoms with Crippen LogP contribution in [0, 0.1) is 36.5 Å². The Bertz CT molecular complexity index is 2310. The molecule has 0 amide bonds. The third-order valence-corrected chi connectivity index (χ3v) is 16.1. The summed E-state index contributed by atoms with van der Waals surface area (Å²) in [5.41, 5.74) is 7.43. The molecule has 0 bridgehead atoms. The van der Waals surface area contributed by atoms with Crippen LogP contribution in [0.4, 0.5) is 4.39 Å². The summed E-state index contributed by atoms with van der Waals surface area (Å²) in [5.74, 6) is 6.73. The van der Waals surface area contributed by atoms with Crippen molar-refractivity contribution in [2.24, 2.45) is 5.41 Å². The van der Waals surface area contributed by atoms with Crippen LogP contribution in [0.2, 0.25) is 17.3 Å². The molecule has 0 saturated carbocycles. The van der Waals surface area contributed by atoms with Crippen LogP contribution >= 0.6 is 0 Å². The van der Waals surface area contributed by atoms with E-state index in [1.54, 1.807) is 6.07 Å². The molecule has 0 fully saturated rings. The van der Waals surface area contributed by atoms with E-state index >= 15 is 0 Å². The van der Waals surface area contributed by atoms with Gasteiger partial charge >= 0.3 is 328 Å². The summed E-state index contributed by atoms with van der Waals surface area (Å²) >= 11 is -1.55. The van der Waals surface area contributed by atoms with E-state index in [0.717, 1.165) is 23.4 Å². The molecule has 0 spiro atoms. The van der Waals surface area contributed by atoms with E-state index in [2.05, 4.69) is 154 Å². The molecule has 2 nitrogen and oxygen atoms in total. The van der Waals surface area contributed by atoms with Gasteiger partial charge in [-0.15, -0.1) is 0 Å². The van der Waals surface area contributed by atoms with Crippen molar-refractivity contribution in [1.29, 1.82) is 0 Å². The number of aromatic nitrogens is 2. The largest absolute Gasteiger partial charge is 3.00 e. The van der Waals surface area contributed by atoms with Crippen LogP contribution in [0.25, 0.3) is 47.1 Å². The molecule has 0 radical (unpaired) electrons. The van der Waals surface area contributed by atoms with Gasteiger partial charge in [0.15, 0.2) is 0 Å². The SMILES string of the molecule is Cc1c(CC(C)(C)C)ccc2c1[se]c1c2cc[c-][n+]1-c1[c-]c2ccccc2c(C(C)(C)C)c1.[CH3][Ge]([CH3])([CH3])[c]1ccc(-c2[c-]cc(F)cc2)nc1.[Ir+3]. The molecular weight excluding hydrogens is 931 g/mol. The molecule has 7 aromatic rings. The first-order valence-corrected chi connectivity index (χ1v) is 26.4. The first-order valence-electron chi connectivity index (χ1n) is 17.4. The van der Waals surface area contributed by atoms with Crippen molar-refractivity contribution in [3.8, 4) is 16.9 Å². The van der Waals surface area contributed by atoms with Crippen LogP contribution < -0.4 is 8.96 Å². The molecular formula is C45H47FGeIrN2Se+. The Morgan fingerprint density at radius 1 is 0.863 bits per heavy atom. The second-order valence-corrected chi connectivity index (χ2v) is 29.3. The monoisotopic (exact) mass is 981 g/mol. The average Bonchev–Trinajstić information content (AvgIpc) is 3.44. The van der Waals surface area contributed by atoms with E-state index in [1.165, 1.54) is 63.4 Å². The second-order valence-electron chi connectivity index (χ2n) is 16.5. The maximum atomic E-state index is 12.8. The zero-order chi connectivity index (χ0) is 36.0. The molecule has 7 rings (SSSR count). The number of benzene rings is 4. The smallest absolute Gasteiger partial charge is 3.00 e. The van der Waals surface area contributed by atoms with E-state index < -0.39 is 13.3 Å². The fourth-order valence-corrected chi connectivity index (χ4v) is 11.3. The zero-order valence-electron chi connectivity index (χ0n) is 31.4. The quantitative estimate of drug-likeness (QED) is 0.0976. The number of rotatable bonds is 4. The Morgan fingerprint density at radius 2 is 1.61 bits per heavy atom. The Kier molecular flexibility index (Phi) is 11.7. The van der Waals surface area contributed by atoms with Gasteiger partial charge in [0.25, 0.3) is 0 Å². The maximum Gasteiger partial charge on any atom is 3.00 e. The van der Waals surface area contributed by atoms with Gasteiger partial charge in [-0.2, -0.15) is 0 Å². The van der Waals surface area contributed by atoms with Crippen LogP contribution in [0.5, 0.6) is 0 Å². The Labute approximate surface area is 326 Å². The van der Waals surface area contributed by atoms with Crippen molar-refractivity contribution in [2.75, 3.05) is 0 Å². The normalized spacial score (nSPS) is 12.1. The van der Waals surface area contributed by atoms with E-state index in [9.17, 15) is 4.39 Å². The molecule has 0 aliphatic carbocycles. The van der Waals surface area contributed by atoms with Crippen LogP contribution in [0.1, 0.15) is 58.2 Å². The van der Waals surface area contributed by atoms with Gasteiger partial charge in [-0.3, -0.25) is 0 Å². The maximum absolute atomic E-state index is 12.8. The predicted octanol–water partition coefficient (Wildman–Crippen LogP) is 10.5. The number of pyridine rings is 2. The van der Waals surface area contributed by atoms with Crippen LogP contribution in [-0.2, 0) is 31.9 Å². The first-order chi connectivity index (χ1) is 23.5. The number of nitrogens with zero attached hydrogens (tertiary/aromatic N) is 2. The molecule has 0 unspecified atom stereocenters. The third kappa shape index (κ3) is 8.83. The number of aryl methyl sites for hydroxylation is 1.